The first-order valence-corrected chi connectivity index (χ1v) is 6.07. The second kappa shape index (κ2) is 5.54. The number of ether oxygens (including phenoxy) is 1. The first-order valence-electron chi connectivity index (χ1n) is 6.07. The summed E-state index contributed by atoms with van der Waals surface area (Å²) in [5.74, 6) is 0.217. The first-order chi connectivity index (χ1) is 8.66. The van der Waals surface area contributed by atoms with E-state index in [-0.39, 0.29) is 18.1 Å². The molecule has 0 saturated heterocycles. The zero-order valence-electron chi connectivity index (χ0n) is 10.6. The normalized spacial score (nSPS) is 15.2. The van der Waals surface area contributed by atoms with Gasteiger partial charge in [-0.3, -0.25) is 4.90 Å². The second-order valence-electron chi connectivity index (χ2n) is 4.46. The standard InChI is InChI=1S/C15H17NO2/c1-12(2)18-15(17)16-10-8-14(9-11-16)13-6-4-3-5-7-13/h3-12,14H,1-2H3. The van der Waals surface area contributed by atoms with Gasteiger partial charge in [-0.05, 0) is 19.4 Å². The number of rotatable bonds is 2. The lowest BCUT2D eigenvalue weighted by Crippen LogP contribution is -2.25. The molecule has 18 heavy (non-hydrogen) atoms. The highest BCUT2D eigenvalue weighted by molar-refractivity contribution is 5.70. The molecule has 1 aliphatic rings. The van der Waals surface area contributed by atoms with Crippen molar-refractivity contribution in [2.75, 3.05) is 0 Å². The quantitative estimate of drug-likeness (QED) is 0.793. The highest BCUT2D eigenvalue weighted by Crippen LogP contribution is 2.22. The summed E-state index contributed by atoms with van der Waals surface area (Å²) in [7, 11) is 0. The molecule has 0 unspecified atom stereocenters. The van der Waals surface area contributed by atoms with Crippen LogP contribution < -0.4 is 0 Å². The van der Waals surface area contributed by atoms with Crippen molar-refractivity contribution in [1.29, 1.82) is 0 Å². The van der Waals surface area contributed by atoms with Gasteiger partial charge in [-0.15, -0.1) is 0 Å². The number of allylic oxidation sites excluding steroid dienone is 2. The van der Waals surface area contributed by atoms with E-state index in [0.717, 1.165) is 0 Å². The summed E-state index contributed by atoms with van der Waals surface area (Å²) < 4.78 is 5.12. The third kappa shape index (κ3) is 3.00. The van der Waals surface area contributed by atoms with Crippen LogP contribution in [0, 0.1) is 0 Å². The summed E-state index contributed by atoms with van der Waals surface area (Å²) in [4.78, 5) is 13.1. The number of hydrogen-bond acceptors (Lipinski definition) is 2. The lowest BCUT2D eigenvalue weighted by atomic mass is 9.98. The molecule has 3 nitrogen and oxygen atoms in total. The average molecular weight is 243 g/mol. The van der Waals surface area contributed by atoms with Crippen molar-refractivity contribution in [1.82, 2.24) is 4.90 Å². The number of carbonyl (C=O) groups excluding carboxylic acids is 1. The minimum absolute atomic E-state index is 0.105. The van der Waals surface area contributed by atoms with Crippen molar-refractivity contribution >= 4 is 6.09 Å². The van der Waals surface area contributed by atoms with Crippen molar-refractivity contribution in [3.05, 3.63) is 60.4 Å². The topological polar surface area (TPSA) is 29.5 Å². The van der Waals surface area contributed by atoms with Crippen molar-refractivity contribution in [3.63, 3.8) is 0 Å². The Morgan fingerprint density at radius 1 is 1.17 bits per heavy atom. The fourth-order valence-electron chi connectivity index (χ4n) is 1.77. The van der Waals surface area contributed by atoms with E-state index in [1.54, 1.807) is 12.4 Å². The Balaban J connectivity index is 2.01. The zero-order valence-corrected chi connectivity index (χ0v) is 10.6. The van der Waals surface area contributed by atoms with Gasteiger partial charge in [0, 0.05) is 18.3 Å². The third-order valence-corrected chi connectivity index (χ3v) is 2.64. The molecular formula is C15H17NO2. The van der Waals surface area contributed by atoms with Gasteiger partial charge in [0.15, 0.2) is 0 Å². The maximum Gasteiger partial charge on any atom is 0.418 e. The van der Waals surface area contributed by atoms with Gasteiger partial charge in [0.1, 0.15) is 0 Å². The Hall–Kier alpha value is -2.03. The second-order valence-corrected chi connectivity index (χ2v) is 4.46. The molecule has 0 N–H and O–H groups in total. The Bertz CT molecular complexity index is 449. The molecule has 1 heterocycles. The van der Waals surface area contributed by atoms with Gasteiger partial charge in [0.05, 0.1) is 6.10 Å². The average Bonchev–Trinajstić information content (AvgIpc) is 2.39. The fraction of sp³-hybridized carbons (Fsp3) is 0.267. The van der Waals surface area contributed by atoms with Crippen molar-refractivity contribution in [3.8, 4) is 0 Å². The summed E-state index contributed by atoms with van der Waals surface area (Å²) in [5, 5.41) is 0. The van der Waals surface area contributed by atoms with Gasteiger partial charge < -0.3 is 4.74 Å². The van der Waals surface area contributed by atoms with Crippen LogP contribution in [0.25, 0.3) is 0 Å². The van der Waals surface area contributed by atoms with E-state index >= 15 is 0 Å². The molecule has 1 aliphatic heterocycles. The molecule has 0 spiro atoms. The Labute approximate surface area is 107 Å². The molecule has 0 saturated carbocycles. The molecule has 0 bridgehead atoms. The van der Waals surface area contributed by atoms with Crippen LogP contribution in [0.5, 0.6) is 0 Å². The molecule has 1 amide bonds. The van der Waals surface area contributed by atoms with E-state index in [2.05, 4.69) is 12.1 Å². The van der Waals surface area contributed by atoms with Crippen LogP contribution in [0.2, 0.25) is 0 Å². The lowest BCUT2D eigenvalue weighted by molar-refractivity contribution is 0.0982. The van der Waals surface area contributed by atoms with Crippen LogP contribution in [-0.4, -0.2) is 17.1 Å². The van der Waals surface area contributed by atoms with Gasteiger partial charge in [0.2, 0.25) is 0 Å². The zero-order chi connectivity index (χ0) is 13.0. The van der Waals surface area contributed by atoms with Gasteiger partial charge in [-0.2, -0.15) is 0 Å². The molecule has 0 aromatic heterocycles. The molecule has 1 aromatic rings. The maximum absolute atomic E-state index is 11.7. The van der Waals surface area contributed by atoms with E-state index in [1.165, 1.54) is 10.5 Å². The van der Waals surface area contributed by atoms with Crippen LogP contribution in [0.15, 0.2) is 54.9 Å². The van der Waals surface area contributed by atoms with Gasteiger partial charge in [0.25, 0.3) is 0 Å². The third-order valence-electron chi connectivity index (χ3n) is 2.64. The van der Waals surface area contributed by atoms with Crippen LogP contribution in [0.4, 0.5) is 4.79 Å². The molecule has 0 aliphatic carbocycles. The maximum atomic E-state index is 11.7. The summed E-state index contributed by atoms with van der Waals surface area (Å²) in [6, 6.07) is 10.2. The summed E-state index contributed by atoms with van der Waals surface area (Å²) in [6.07, 6.45) is 7.02. The molecule has 0 radical (unpaired) electrons. The smallest absolute Gasteiger partial charge is 0.418 e. The summed E-state index contributed by atoms with van der Waals surface area (Å²) in [5.41, 5.74) is 1.21. The monoisotopic (exact) mass is 243 g/mol. The number of nitrogens with zero attached hydrogens (tertiary/aromatic N) is 1. The minimum atomic E-state index is -0.344. The van der Waals surface area contributed by atoms with E-state index in [9.17, 15) is 4.79 Å². The lowest BCUT2D eigenvalue weighted by Gasteiger charge is -2.21. The van der Waals surface area contributed by atoms with E-state index in [4.69, 9.17) is 4.74 Å². The van der Waals surface area contributed by atoms with Gasteiger partial charge >= 0.3 is 6.09 Å². The number of benzene rings is 1. The SMILES string of the molecule is CC(C)OC(=O)N1C=CC(c2ccccc2)C=C1. The van der Waals surface area contributed by atoms with Gasteiger partial charge in [-0.1, -0.05) is 42.5 Å². The molecule has 2 rings (SSSR count). The molecular weight excluding hydrogens is 226 g/mol. The van der Waals surface area contributed by atoms with Gasteiger partial charge in [-0.25, -0.2) is 4.79 Å². The van der Waals surface area contributed by atoms with Crippen molar-refractivity contribution in [2.24, 2.45) is 0 Å². The van der Waals surface area contributed by atoms with E-state index in [1.807, 2.05) is 44.2 Å². The molecule has 0 atom stereocenters. The Kier molecular flexibility index (Phi) is 3.82. The van der Waals surface area contributed by atoms with Crippen molar-refractivity contribution < 1.29 is 9.53 Å². The fourth-order valence-corrected chi connectivity index (χ4v) is 1.77. The highest BCUT2D eigenvalue weighted by atomic mass is 16.6. The molecule has 3 heteroatoms. The molecule has 1 aromatic carbocycles. The van der Waals surface area contributed by atoms with Crippen LogP contribution in [-0.2, 0) is 4.74 Å². The number of hydrogen-bond donors (Lipinski definition) is 0. The predicted octanol–water partition coefficient (Wildman–Crippen LogP) is 3.66. The van der Waals surface area contributed by atoms with E-state index in [0.29, 0.717) is 0 Å². The van der Waals surface area contributed by atoms with E-state index < -0.39 is 0 Å². The van der Waals surface area contributed by atoms with Crippen molar-refractivity contribution in [2.45, 2.75) is 25.9 Å². The summed E-state index contributed by atoms with van der Waals surface area (Å²) >= 11 is 0. The number of amides is 1. The molecule has 94 valence electrons. The van der Waals surface area contributed by atoms with Crippen LogP contribution >= 0.6 is 0 Å². The molecule has 0 fully saturated rings. The number of carbonyl (C=O) groups is 1. The Morgan fingerprint density at radius 3 is 2.33 bits per heavy atom. The first kappa shape index (κ1) is 12.4. The minimum Gasteiger partial charge on any atom is -0.446 e. The largest absolute Gasteiger partial charge is 0.446 e. The Morgan fingerprint density at radius 2 is 1.78 bits per heavy atom. The highest BCUT2D eigenvalue weighted by Gasteiger charge is 2.15. The van der Waals surface area contributed by atoms with Crippen LogP contribution in [0.1, 0.15) is 25.3 Å². The summed E-state index contributed by atoms with van der Waals surface area (Å²) in [6.45, 7) is 3.67. The van der Waals surface area contributed by atoms with Crippen LogP contribution in [0.3, 0.4) is 0 Å². The predicted molar refractivity (Wildman–Crippen MR) is 70.9 cm³/mol.